The van der Waals surface area contributed by atoms with Crippen LogP contribution in [0.5, 0.6) is 0 Å². The lowest BCUT2D eigenvalue weighted by Crippen LogP contribution is -3.15. The van der Waals surface area contributed by atoms with Gasteiger partial charge in [-0.3, -0.25) is 4.79 Å². The van der Waals surface area contributed by atoms with Gasteiger partial charge in [-0.25, -0.2) is 0 Å². The Labute approximate surface area is 151 Å². The van der Waals surface area contributed by atoms with E-state index in [2.05, 4.69) is 38.2 Å². The summed E-state index contributed by atoms with van der Waals surface area (Å²) in [4.78, 5) is 14.6. The number of aryl methyl sites for hydroxylation is 1. The number of quaternary nitrogens is 1. The second kappa shape index (κ2) is 7.83. The van der Waals surface area contributed by atoms with Gasteiger partial charge in [0, 0.05) is 23.1 Å². The van der Waals surface area contributed by atoms with Gasteiger partial charge < -0.3 is 10.2 Å². The minimum absolute atomic E-state index is 0.0892. The molecule has 0 unspecified atom stereocenters. The highest BCUT2D eigenvalue weighted by Crippen LogP contribution is 2.18. The zero-order valence-corrected chi connectivity index (χ0v) is 15.5. The van der Waals surface area contributed by atoms with Crippen LogP contribution in [0.2, 0.25) is 0 Å². The number of amides is 1. The monoisotopic (exact) mass is 337 g/mol. The number of rotatable bonds is 4. The number of carbonyl (C=O) groups excluding carboxylic acids is 1. The van der Waals surface area contributed by atoms with Gasteiger partial charge in [0.1, 0.15) is 0 Å². The van der Waals surface area contributed by atoms with Gasteiger partial charge in [-0.05, 0) is 25.5 Å². The van der Waals surface area contributed by atoms with Crippen molar-refractivity contribution >= 4 is 11.6 Å². The van der Waals surface area contributed by atoms with Crippen LogP contribution >= 0.6 is 0 Å². The lowest BCUT2D eigenvalue weighted by molar-refractivity contribution is -0.933. The predicted molar refractivity (Wildman–Crippen MR) is 103 cm³/mol. The summed E-state index contributed by atoms with van der Waals surface area (Å²) >= 11 is 0. The molecule has 0 aromatic heterocycles. The van der Waals surface area contributed by atoms with Crippen molar-refractivity contribution in [2.45, 2.75) is 33.2 Å². The van der Waals surface area contributed by atoms with Gasteiger partial charge in [-0.1, -0.05) is 61.9 Å². The van der Waals surface area contributed by atoms with Crippen molar-refractivity contribution in [2.24, 2.45) is 11.8 Å². The average molecular weight is 337 g/mol. The van der Waals surface area contributed by atoms with Gasteiger partial charge in [0.25, 0.3) is 5.91 Å². The molecule has 0 aliphatic carbocycles. The molecule has 3 atom stereocenters. The number of likely N-dealkylation sites (tertiary alicyclic amines) is 1. The smallest absolute Gasteiger partial charge is 0.287 e. The van der Waals surface area contributed by atoms with Crippen molar-refractivity contribution in [2.75, 3.05) is 18.4 Å². The van der Waals surface area contributed by atoms with E-state index in [4.69, 9.17) is 0 Å². The Morgan fingerprint density at radius 2 is 1.60 bits per heavy atom. The first kappa shape index (κ1) is 17.7. The first-order chi connectivity index (χ1) is 12.0. The number of hydrogen-bond donors (Lipinski definition) is 2. The maximum atomic E-state index is 13.2. The molecule has 0 spiro atoms. The highest BCUT2D eigenvalue weighted by Gasteiger charge is 2.36. The SMILES string of the molecule is Cc1ccc(NC(=O)[C@@H](c2ccccc2)[NH+]2C[C@@H](C)C[C@H](C)C2)cc1. The third kappa shape index (κ3) is 4.49. The third-order valence-corrected chi connectivity index (χ3v) is 5.15. The van der Waals surface area contributed by atoms with Gasteiger partial charge >= 0.3 is 0 Å². The molecule has 132 valence electrons. The maximum Gasteiger partial charge on any atom is 0.287 e. The molecule has 1 fully saturated rings. The molecule has 25 heavy (non-hydrogen) atoms. The van der Waals surface area contributed by atoms with Gasteiger partial charge in [0.2, 0.25) is 0 Å². The van der Waals surface area contributed by atoms with Gasteiger partial charge in [-0.2, -0.15) is 0 Å². The van der Waals surface area contributed by atoms with Crippen molar-refractivity contribution in [1.29, 1.82) is 0 Å². The number of piperidine rings is 1. The molecule has 0 radical (unpaired) electrons. The van der Waals surface area contributed by atoms with Gasteiger partial charge in [-0.15, -0.1) is 0 Å². The predicted octanol–water partition coefficient (Wildman–Crippen LogP) is 3.24. The zero-order chi connectivity index (χ0) is 17.8. The minimum atomic E-state index is -0.160. The molecule has 1 amide bonds. The fourth-order valence-corrected chi connectivity index (χ4v) is 4.14. The molecule has 3 nitrogen and oxygen atoms in total. The van der Waals surface area contributed by atoms with Gasteiger partial charge in [0.05, 0.1) is 13.1 Å². The van der Waals surface area contributed by atoms with Crippen LogP contribution in [0.15, 0.2) is 54.6 Å². The summed E-state index contributed by atoms with van der Waals surface area (Å²) in [6.45, 7) is 8.75. The van der Waals surface area contributed by atoms with Crippen LogP contribution in [0.3, 0.4) is 0 Å². The Kier molecular flexibility index (Phi) is 5.54. The highest BCUT2D eigenvalue weighted by molar-refractivity contribution is 5.94. The molecular weight excluding hydrogens is 308 g/mol. The van der Waals surface area contributed by atoms with Crippen LogP contribution in [-0.2, 0) is 4.79 Å². The largest absolute Gasteiger partial charge is 0.321 e. The summed E-state index contributed by atoms with van der Waals surface area (Å²) in [5.41, 5.74) is 3.17. The lowest BCUT2D eigenvalue weighted by atomic mass is 9.89. The summed E-state index contributed by atoms with van der Waals surface area (Å²) < 4.78 is 0. The van der Waals surface area contributed by atoms with E-state index in [9.17, 15) is 4.79 Å². The average Bonchev–Trinajstić information content (AvgIpc) is 2.57. The Hall–Kier alpha value is -2.13. The second-order valence-electron chi connectivity index (χ2n) is 7.71. The van der Waals surface area contributed by atoms with E-state index in [1.807, 2.05) is 42.5 Å². The van der Waals surface area contributed by atoms with E-state index in [1.165, 1.54) is 16.9 Å². The molecule has 1 heterocycles. The number of benzene rings is 2. The van der Waals surface area contributed by atoms with E-state index >= 15 is 0 Å². The summed E-state index contributed by atoms with van der Waals surface area (Å²) in [6.07, 6.45) is 1.25. The molecule has 1 aliphatic heterocycles. The number of hydrogen-bond acceptors (Lipinski definition) is 1. The van der Waals surface area contributed by atoms with Crippen LogP contribution in [0.4, 0.5) is 5.69 Å². The van der Waals surface area contributed by atoms with Crippen molar-refractivity contribution < 1.29 is 9.69 Å². The van der Waals surface area contributed by atoms with E-state index in [0.717, 1.165) is 24.3 Å². The standard InChI is InChI=1S/C22H28N2O/c1-16-9-11-20(12-10-16)23-22(25)21(19-7-5-4-6-8-19)24-14-17(2)13-18(3)15-24/h4-12,17-18,21H,13-15H2,1-3H3,(H,23,25)/p+1/t17-,18-,21+/m0/s1. The number of nitrogens with one attached hydrogen (secondary N) is 2. The molecule has 2 aromatic carbocycles. The van der Waals surface area contributed by atoms with Crippen molar-refractivity contribution in [1.82, 2.24) is 0 Å². The van der Waals surface area contributed by atoms with Crippen LogP contribution in [0.25, 0.3) is 0 Å². The van der Waals surface area contributed by atoms with E-state index in [1.54, 1.807) is 0 Å². The van der Waals surface area contributed by atoms with Crippen molar-refractivity contribution in [3.8, 4) is 0 Å². The summed E-state index contributed by atoms with van der Waals surface area (Å²) in [7, 11) is 0. The second-order valence-corrected chi connectivity index (χ2v) is 7.71. The Balaban J connectivity index is 1.85. The van der Waals surface area contributed by atoms with E-state index in [-0.39, 0.29) is 11.9 Å². The Morgan fingerprint density at radius 3 is 2.20 bits per heavy atom. The first-order valence-corrected chi connectivity index (χ1v) is 9.30. The molecule has 0 saturated carbocycles. The van der Waals surface area contributed by atoms with E-state index < -0.39 is 0 Å². The molecule has 2 aromatic rings. The lowest BCUT2D eigenvalue weighted by Gasteiger charge is -2.36. The molecule has 3 heteroatoms. The van der Waals surface area contributed by atoms with Crippen LogP contribution in [-0.4, -0.2) is 19.0 Å². The fraction of sp³-hybridized carbons (Fsp3) is 0.409. The maximum absolute atomic E-state index is 13.2. The third-order valence-electron chi connectivity index (χ3n) is 5.15. The molecule has 1 saturated heterocycles. The number of anilines is 1. The fourth-order valence-electron chi connectivity index (χ4n) is 4.14. The minimum Gasteiger partial charge on any atom is -0.321 e. The van der Waals surface area contributed by atoms with Crippen molar-refractivity contribution in [3.63, 3.8) is 0 Å². The molecule has 0 bridgehead atoms. The van der Waals surface area contributed by atoms with Crippen LogP contribution in [0.1, 0.15) is 37.4 Å². The Bertz CT molecular complexity index is 686. The highest BCUT2D eigenvalue weighted by atomic mass is 16.2. The molecule has 1 aliphatic rings. The molecule has 3 rings (SSSR count). The summed E-state index contributed by atoms with van der Waals surface area (Å²) in [5.74, 6) is 1.39. The topological polar surface area (TPSA) is 33.5 Å². The normalized spacial score (nSPS) is 24.5. The van der Waals surface area contributed by atoms with Gasteiger partial charge in [0.15, 0.2) is 6.04 Å². The van der Waals surface area contributed by atoms with Crippen molar-refractivity contribution in [3.05, 3.63) is 65.7 Å². The summed E-state index contributed by atoms with van der Waals surface area (Å²) in [6, 6.07) is 18.1. The quantitative estimate of drug-likeness (QED) is 0.882. The first-order valence-electron chi connectivity index (χ1n) is 9.30. The molecular formula is C22H29N2O+. The molecule has 2 N–H and O–H groups in total. The number of carbonyl (C=O) groups is 1. The summed E-state index contributed by atoms with van der Waals surface area (Å²) in [5, 5.41) is 3.13. The van der Waals surface area contributed by atoms with E-state index in [0.29, 0.717) is 11.8 Å². The zero-order valence-electron chi connectivity index (χ0n) is 15.5. The Morgan fingerprint density at radius 1 is 1.00 bits per heavy atom. The van der Waals surface area contributed by atoms with Crippen LogP contribution < -0.4 is 10.2 Å². The van der Waals surface area contributed by atoms with Crippen LogP contribution in [0, 0.1) is 18.8 Å².